The molecule has 0 radical (unpaired) electrons. The van der Waals surface area contributed by atoms with Crippen molar-refractivity contribution in [2.75, 3.05) is 38.4 Å². The Labute approximate surface area is 362 Å². The number of nitrogens with zero attached hydrogens (tertiary/aromatic N) is 1. The number of fused-ring (bicyclic) bond motifs is 7. The molecule has 10 nitrogen and oxygen atoms in total. The minimum atomic E-state index is -0.600. The maximum absolute atomic E-state index is 12.5. The van der Waals surface area contributed by atoms with Crippen molar-refractivity contribution in [1.82, 2.24) is 4.98 Å². The molecule has 2 aliphatic heterocycles. The number of nitrogen functional groups attached to an aromatic ring is 1. The minimum Gasteiger partial charge on any atom is -0.508 e. The number of allylic oxidation sites excluding steroid dienone is 1. The molecular weight excluding hydrogens is 779 g/mol. The Balaban J connectivity index is 1.23. The van der Waals surface area contributed by atoms with E-state index in [9.17, 15) is 15.0 Å². The summed E-state index contributed by atoms with van der Waals surface area (Å²) in [5.74, 6) is 8.86. The second-order valence-corrected chi connectivity index (χ2v) is 17.5. The number of anilines is 2. The zero-order chi connectivity index (χ0) is 42.9. The van der Waals surface area contributed by atoms with Crippen molar-refractivity contribution in [3.63, 3.8) is 0 Å². The maximum Gasteiger partial charge on any atom is 0.302 e. The average Bonchev–Trinajstić information content (AvgIpc) is 3.84. The van der Waals surface area contributed by atoms with Gasteiger partial charge in [0.05, 0.1) is 20.1 Å². The van der Waals surface area contributed by atoms with Crippen LogP contribution >= 0.6 is 0 Å². The van der Waals surface area contributed by atoms with Crippen LogP contribution in [0.3, 0.4) is 0 Å². The first-order chi connectivity index (χ1) is 30.1. The Hall–Kier alpha value is -6.60. The Kier molecular flexibility index (Phi) is 9.81. The van der Waals surface area contributed by atoms with Gasteiger partial charge in [0, 0.05) is 59.3 Å². The van der Waals surface area contributed by atoms with E-state index in [4.69, 9.17) is 29.7 Å². The molecule has 1 fully saturated rings. The lowest BCUT2D eigenvalue weighted by Crippen LogP contribution is -2.32. The van der Waals surface area contributed by atoms with Crippen LogP contribution in [0.2, 0.25) is 0 Å². The van der Waals surface area contributed by atoms with E-state index in [0.29, 0.717) is 29.4 Å². The van der Waals surface area contributed by atoms with Gasteiger partial charge in [0.15, 0.2) is 11.5 Å². The van der Waals surface area contributed by atoms with E-state index in [1.165, 1.54) is 19.6 Å². The van der Waals surface area contributed by atoms with Crippen LogP contribution in [0.1, 0.15) is 101 Å². The first-order valence-corrected chi connectivity index (χ1v) is 21.7. The van der Waals surface area contributed by atoms with Crippen molar-refractivity contribution in [2.24, 2.45) is 11.8 Å². The highest BCUT2D eigenvalue weighted by molar-refractivity contribution is 5.84. The number of rotatable bonds is 8. The van der Waals surface area contributed by atoms with Crippen LogP contribution in [0.25, 0.3) is 17.2 Å². The van der Waals surface area contributed by atoms with E-state index in [1.807, 2.05) is 18.2 Å². The van der Waals surface area contributed by atoms with Gasteiger partial charge in [-0.05, 0) is 126 Å². The topological polar surface area (TPSA) is 145 Å². The van der Waals surface area contributed by atoms with Crippen LogP contribution in [-0.2, 0) is 34.2 Å². The number of carbonyl (C=O) groups excluding carboxylic acids is 1. The van der Waals surface area contributed by atoms with Gasteiger partial charge in [0.25, 0.3) is 0 Å². The number of aromatic nitrogens is 1. The third-order valence-corrected chi connectivity index (χ3v) is 14.0. The SMILES string of the molecule is CCNc1ccccc1CC1C=Cc2cc(N)nc3c2C1C1CCC2(Cc4cc(O)cc(OC)c4-c4ccc5c(c42)OC(c2cc(OC)c(O)cc2CC#C3)C5COC(C)=O)C1. The molecule has 5 aliphatic rings. The number of pyridine rings is 1. The number of carbonyl (C=O) groups is 1. The molecule has 1 spiro atoms. The Morgan fingerprint density at radius 3 is 2.68 bits per heavy atom. The third kappa shape index (κ3) is 6.48. The van der Waals surface area contributed by atoms with Gasteiger partial charge in [-0.3, -0.25) is 4.79 Å². The normalized spacial score (nSPS) is 23.3. The lowest BCUT2D eigenvalue weighted by molar-refractivity contribution is -0.141. The van der Waals surface area contributed by atoms with Crippen LogP contribution in [0, 0.1) is 23.7 Å². The lowest BCUT2D eigenvalue weighted by Gasteiger charge is -2.41. The van der Waals surface area contributed by atoms with Crippen molar-refractivity contribution in [1.29, 1.82) is 0 Å². The van der Waals surface area contributed by atoms with Gasteiger partial charge in [0.2, 0.25) is 0 Å². The Morgan fingerprint density at radius 1 is 1.03 bits per heavy atom. The number of ether oxygens (including phenoxy) is 4. The fourth-order valence-corrected chi connectivity index (χ4v) is 11.6. The summed E-state index contributed by atoms with van der Waals surface area (Å²) in [6.07, 6.45) is 8.40. The molecule has 4 aromatic carbocycles. The summed E-state index contributed by atoms with van der Waals surface area (Å²) >= 11 is 0. The van der Waals surface area contributed by atoms with E-state index in [1.54, 1.807) is 19.2 Å². The number of benzene rings is 4. The summed E-state index contributed by atoms with van der Waals surface area (Å²) in [5.41, 5.74) is 18.0. The van der Waals surface area contributed by atoms with Crippen molar-refractivity contribution < 1.29 is 34.0 Å². The number of hydrogen-bond donors (Lipinski definition) is 4. The predicted octanol–water partition coefficient (Wildman–Crippen LogP) is 9.14. The average molecular weight is 830 g/mol. The number of methoxy groups -OCH3 is 2. The van der Waals surface area contributed by atoms with Crippen molar-refractivity contribution in [3.05, 3.63) is 123 Å². The number of nitrogens with one attached hydrogen (secondary N) is 1. The van der Waals surface area contributed by atoms with Gasteiger partial charge in [-0.1, -0.05) is 48.4 Å². The van der Waals surface area contributed by atoms with Crippen LogP contribution in [0.5, 0.6) is 28.7 Å². The monoisotopic (exact) mass is 829 g/mol. The highest BCUT2D eigenvalue weighted by Gasteiger charge is 2.53. The van der Waals surface area contributed by atoms with Gasteiger partial charge in [0.1, 0.15) is 41.5 Å². The molecule has 10 heteroatoms. The predicted molar refractivity (Wildman–Crippen MR) is 239 cm³/mol. The van der Waals surface area contributed by atoms with Gasteiger partial charge in [-0.15, -0.1) is 0 Å². The molecule has 6 atom stereocenters. The molecule has 1 saturated carbocycles. The quantitative estimate of drug-likeness (QED) is 0.0883. The lowest BCUT2D eigenvalue weighted by atomic mass is 9.63. The number of para-hydroxylation sites is 1. The Bertz CT molecular complexity index is 2750. The molecule has 62 heavy (non-hydrogen) atoms. The van der Waals surface area contributed by atoms with E-state index in [-0.39, 0.29) is 54.2 Å². The van der Waals surface area contributed by atoms with E-state index < -0.39 is 11.5 Å². The van der Waals surface area contributed by atoms with E-state index in [2.05, 4.69) is 72.6 Å². The molecule has 6 unspecified atom stereocenters. The van der Waals surface area contributed by atoms with Gasteiger partial charge in [-0.25, -0.2) is 4.98 Å². The molecule has 5 aromatic rings. The molecule has 0 amide bonds. The fourth-order valence-electron chi connectivity index (χ4n) is 11.6. The third-order valence-electron chi connectivity index (χ3n) is 14.0. The first kappa shape index (κ1) is 39.5. The molecule has 3 aliphatic carbocycles. The number of hydrogen-bond acceptors (Lipinski definition) is 10. The first-order valence-electron chi connectivity index (χ1n) is 21.7. The second-order valence-electron chi connectivity index (χ2n) is 17.5. The number of phenolic OH excluding ortho intramolecular Hbond substituents is 2. The van der Waals surface area contributed by atoms with Crippen molar-refractivity contribution in [2.45, 2.75) is 75.7 Å². The molecule has 5 N–H and O–H groups in total. The van der Waals surface area contributed by atoms with Crippen molar-refractivity contribution >= 4 is 23.6 Å². The summed E-state index contributed by atoms with van der Waals surface area (Å²) in [5, 5.41) is 25.9. The number of nitrogens with two attached hydrogens (primary N) is 1. The summed E-state index contributed by atoms with van der Waals surface area (Å²) in [6.45, 7) is 4.46. The number of esters is 1. The largest absolute Gasteiger partial charge is 0.508 e. The standard InChI is InChI=1S/C52H51N3O7/c1-5-54-40-11-7-6-9-30(40)19-31-13-14-32-22-45(53)55-41-12-8-10-29-21-42(58)43(59-3)24-38(29)50-39(27-61-28(2)56)36-15-16-37-47-34(20-35(57)23-44(47)60-4)26-52(49(37)51(36)62-50)18-17-33(25-52)46(31)48(32)41/h6-7,9,11,13-16,20-24,31,33,39,46,50,54,57-58H,5,10,17-19,25-27H2,1-4H3,(H2,53,55). The zero-order valence-corrected chi connectivity index (χ0v) is 35.5. The molecule has 3 heterocycles. The van der Waals surface area contributed by atoms with Crippen LogP contribution in [-0.4, -0.2) is 48.5 Å². The fraction of sp³-hybridized carbons (Fsp3) is 0.346. The minimum absolute atomic E-state index is 0.0102. The highest BCUT2D eigenvalue weighted by atomic mass is 16.5. The molecule has 4 bridgehead atoms. The Morgan fingerprint density at radius 2 is 1.87 bits per heavy atom. The highest BCUT2D eigenvalue weighted by Crippen LogP contribution is 2.64. The van der Waals surface area contributed by atoms with E-state index in [0.717, 1.165) is 93.7 Å². The summed E-state index contributed by atoms with van der Waals surface area (Å²) in [6, 6.07) is 22.0. The number of phenols is 2. The second kappa shape index (κ2) is 15.4. The molecule has 10 rings (SSSR count). The smallest absolute Gasteiger partial charge is 0.302 e. The van der Waals surface area contributed by atoms with Gasteiger partial charge >= 0.3 is 5.97 Å². The van der Waals surface area contributed by atoms with Crippen LogP contribution in [0.15, 0.2) is 72.8 Å². The summed E-state index contributed by atoms with van der Waals surface area (Å²) in [7, 11) is 3.17. The van der Waals surface area contributed by atoms with Gasteiger partial charge < -0.3 is 40.2 Å². The summed E-state index contributed by atoms with van der Waals surface area (Å²) < 4.78 is 24.9. The summed E-state index contributed by atoms with van der Waals surface area (Å²) in [4.78, 5) is 17.4. The maximum atomic E-state index is 12.5. The van der Waals surface area contributed by atoms with Crippen molar-refractivity contribution in [3.8, 4) is 51.7 Å². The van der Waals surface area contributed by atoms with Gasteiger partial charge in [-0.2, -0.15) is 0 Å². The van der Waals surface area contributed by atoms with Crippen LogP contribution in [0.4, 0.5) is 11.5 Å². The number of aromatic hydroxyl groups is 2. The zero-order valence-electron chi connectivity index (χ0n) is 35.5. The molecule has 1 aromatic heterocycles. The van der Waals surface area contributed by atoms with E-state index >= 15 is 0 Å². The molecule has 316 valence electrons. The molecular formula is C52H51N3O7. The van der Waals surface area contributed by atoms with Crippen LogP contribution < -0.4 is 25.3 Å². The molecule has 0 saturated heterocycles.